The van der Waals surface area contributed by atoms with Gasteiger partial charge in [-0.1, -0.05) is 0 Å². The molecule has 0 saturated heterocycles. The Balaban J connectivity index is 3.09. The zero-order valence-corrected chi connectivity index (χ0v) is 7.41. The van der Waals surface area contributed by atoms with Crippen LogP contribution in [-0.2, 0) is 0 Å². The van der Waals surface area contributed by atoms with Crippen molar-refractivity contribution in [1.29, 1.82) is 0 Å². The smallest absolute Gasteiger partial charge is 0.166 e. The Kier molecular flexibility index (Phi) is 2.92. The average Bonchev–Trinajstić information content (AvgIpc) is 1.81. The van der Waals surface area contributed by atoms with Gasteiger partial charge in [-0.2, -0.15) is 4.39 Å². The molecule has 1 aromatic rings. The van der Waals surface area contributed by atoms with Crippen molar-refractivity contribution in [3.63, 3.8) is 0 Å². The van der Waals surface area contributed by atoms with E-state index in [1.54, 1.807) is 0 Å². The fourth-order valence-electron chi connectivity index (χ4n) is 0.784. The zero-order valence-electron chi connectivity index (χ0n) is 5.82. The maximum atomic E-state index is 12.5. The Labute approximate surface area is 75.8 Å². The normalized spacial score (nSPS) is 11.8. The minimum Gasteiger partial charge on any atom is -0.207 e. The van der Waals surface area contributed by atoms with E-state index in [0.29, 0.717) is 0 Å². The highest BCUT2D eigenvalue weighted by atomic mass is 79.9. The Morgan fingerprint density at radius 2 is 1.67 bits per heavy atom. The SMILES string of the molecule is F/C(Br)=C\c1cc(F)cc(F)c1. The zero-order chi connectivity index (χ0) is 9.14. The summed E-state index contributed by atoms with van der Waals surface area (Å²) in [6, 6.07) is 2.79. The summed E-state index contributed by atoms with van der Waals surface area (Å²) in [5.74, 6) is -1.45. The molecule has 0 unspecified atom stereocenters. The molecule has 0 aliphatic carbocycles. The lowest BCUT2D eigenvalue weighted by Crippen LogP contribution is -1.81. The van der Waals surface area contributed by atoms with Crippen LogP contribution in [0.3, 0.4) is 0 Å². The second-order valence-electron chi connectivity index (χ2n) is 2.14. The van der Waals surface area contributed by atoms with Gasteiger partial charge in [0.25, 0.3) is 0 Å². The van der Waals surface area contributed by atoms with Crippen molar-refractivity contribution >= 4 is 22.0 Å². The van der Waals surface area contributed by atoms with Crippen LogP contribution in [0.5, 0.6) is 0 Å². The van der Waals surface area contributed by atoms with Crippen LogP contribution in [0.2, 0.25) is 0 Å². The third-order valence-corrected chi connectivity index (χ3v) is 1.39. The van der Waals surface area contributed by atoms with E-state index in [0.717, 1.165) is 24.3 Å². The molecule has 0 radical (unpaired) electrons. The first kappa shape index (κ1) is 9.32. The Morgan fingerprint density at radius 3 is 2.08 bits per heavy atom. The van der Waals surface area contributed by atoms with Crippen LogP contribution < -0.4 is 0 Å². The van der Waals surface area contributed by atoms with Crippen LogP contribution in [0, 0.1) is 11.6 Å². The van der Waals surface area contributed by atoms with E-state index in [1.165, 1.54) is 0 Å². The number of benzene rings is 1. The molecule has 0 atom stereocenters. The molecule has 0 spiro atoms. The van der Waals surface area contributed by atoms with Gasteiger partial charge >= 0.3 is 0 Å². The van der Waals surface area contributed by atoms with Crippen molar-refractivity contribution in [2.24, 2.45) is 0 Å². The highest BCUT2D eigenvalue weighted by Crippen LogP contribution is 2.15. The molecule has 0 saturated carbocycles. The van der Waals surface area contributed by atoms with Crippen LogP contribution in [0.15, 0.2) is 22.9 Å². The number of rotatable bonds is 1. The molecule has 0 aliphatic rings. The molecule has 1 rings (SSSR count). The quantitative estimate of drug-likeness (QED) is 0.699. The molecular weight excluding hydrogens is 233 g/mol. The third-order valence-electron chi connectivity index (χ3n) is 1.16. The van der Waals surface area contributed by atoms with Gasteiger partial charge in [-0.3, -0.25) is 0 Å². The summed E-state index contributed by atoms with van der Waals surface area (Å²) in [5, 5.41) is 0. The van der Waals surface area contributed by atoms with Crippen LogP contribution >= 0.6 is 15.9 Å². The van der Waals surface area contributed by atoms with Crippen molar-refractivity contribution in [3.05, 3.63) is 40.1 Å². The molecule has 64 valence electrons. The van der Waals surface area contributed by atoms with Gasteiger partial charge in [0.1, 0.15) is 11.6 Å². The van der Waals surface area contributed by atoms with Crippen molar-refractivity contribution in [1.82, 2.24) is 0 Å². The minimum absolute atomic E-state index is 0.141. The van der Waals surface area contributed by atoms with E-state index in [-0.39, 0.29) is 5.56 Å². The van der Waals surface area contributed by atoms with Crippen molar-refractivity contribution < 1.29 is 13.2 Å². The first-order valence-corrected chi connectivity index (χ1v) is 3.86. The molecule has 0 nitrogen and oxygen atoms in total. The number of hydrogen-bond donors (Lipinski definition) is 0. The molecule has 1 aromatic carbocycles. The maximum Gasteiger partial charge on any atom is 0.166 e. The summed E-state index contributed by atoms with van der Waals surface area (Å²) in [7, 11) is 0. The summed E-state index contributed by atoms with van der Waals surface area (Å²) in [6.45, 7) is 0. The lowest BCUT2D eigenvalue weighted by molar-refractivity contribution is 0.582. The van der Waals surface area contributed by atoms with E-state index in [9.17, 15) is 13.2 Å². The van der Waals surface area contributed by atoms with Crippen LogP contribution in [-0.4, -0.2) is 0 Å². The first-order chi connectivity index (χ1) is 5.58. The molecule has 0 N–H and O–H groups in total. The summed E-state index contributed by atoms with van der Waals surface area (Å²) >= 11 is 2.51. The lowest BCUT2D eigenvalue weighted by atomic mass is 10.2. The van der Waals surface area contributed by atoms with E-state index in [1.807, 2.05) is 0 Å². The van der Waals surface area contributed by atoms with Gasteiger partial charge in [0.05, 0.1) is 0 Å². The summed E-state index contributed by atoms with van der Waals surface area (Å²) < 4.78 is 36.5. The van der Waals surface area contributed by atoms with E-state index in [4.69, 9.17) is 0 Å². The maximum absolute atomic E-state index is 12.5. The van der Waals surface area contributed by atoms with Gasteiger partial charge in [-0.25, -0.2) is 8.78 Å². The summed E-state index contributed by atoms with van der Waals surface area (Å²) in [5.41, 5.74) is 0.141. The second kappa shape index (κ2) is 3.76. The molecule has 0 amide bonds. The molecule has 0 aromatic heterocycles. The van der Waals surface area contributed by atoms with Crippen molar-refractivity contribution in [2.45, 2.75) is 0 Å². The third kappa shape index (κ3) is 2.70. The Bertz CT molecular complexity index is 296. The first-order valence-electron chi connectivity index (χ1n) is 3.07. The van der Waals surface area contributed by atoms with Crippen molar-refractivity contribution in [2.75, 3.05) is 0 Å². The lowest BCUT2D eigenvalue weighted by Gasteiger charge is -1.94. The van der Waals surface area contributed by atoms with Crippen LogP contribution in [0.25, 0.3) is 6.08 Å². The molecule has 12 heavy (non-hydrogen) atoms. The standard InChI is InChI=1S/C8H4BrF3/c9-8(12)3-5-1-6(10)4-7(11)2-5/h1-4H/b8-3-. The summed E-state index contributed by atoms with van der Waals surface area (Å²) in [6.07, 6.45) is 0.978. The molecule has 0 fully saturated rings. The highest BCUT2D eigenvalue weighted by molar-refractivity contribution is 9.11. The minimum atomic E-state index is -0.727. The average molecular weight is 237 g/mol. The number of halogens is 4. The Morgan fingerprint density at radius 1 is 1.17 bits per heavy atom. The molecule has 4 heteroatoms. The molecule has 0 heterocycles. The van der Waals surface area contributed by atoms with Gasteiger partial charge < -0.3 is 0 Å². The van der Waals surface area contributed by atoms with E-state index >= 15 is 0 Å². The highest BCUT2D eigenvalue weighted by Gasteiger charge is 1.98. The van der Waals surface area contributed by atoms with Gasteiger partial charge in [0.2, 0.25) is 0 Å². The predicted molar refractivity (Wildman–Crippen MR) is 44.4 cm³/mol. The molecule has 0 aliphatic heterocycles. The van der Waals surface area contributed by atoms with Gasteiger partial charge in [0, 0.05) is 6.07 Å². The van der Waals surface area contributed by atoms with Crippen molar-refractivity contribution in [3.8, 4) is 0 Å². The van der Waals surface area contributed by atoms with E-state index in [2.05, 4.69) is 15.9 Å². The van der Waals surface area contributed by atoms with Gasteiger partial charge in [-0.15, -0.1) is 0 Å². The number of hydrogen-bond acceptors (Lipinski definition) is 0. The van der Waals surface area contributed by atoms with E-state index < -0.39 is 16.4 Å². The predicted octanol–water partition coefficient (Wildman–Crippen LogP) is 3.63. The fourth-order valence-corrected chi connectivity index (χ4v) is 1.05. The van der Waals surface area contributed by atoms with Gasteiger partial charge in [0.15, 0.2) is 4.74 Å². The fraction of sp³-hybridized carbons (Fsp3) is 0. The largest absolute Gasteiger partial charge is 0.207 e. The second-order valence-corrected chi connectivity index (χ2v) is 2.89. The summed E-state index contributed by atoms with van der Waals surface area (Å²) in [4.78, 5) is 0. The molecular formula is C8H4BrF3. The van der Waals surface area contributed by atoms with Gasteiger partial charge in [-0.05, 0) is 39.7 Å². The topological polar surface area (TPSA) is 0 Å². The Hall–Kier alpha value is -0.770. The molecule has 0 bridgehead atoms. The van der Waals surface area contributed by atoms with Crippen LogP contribution in [0.4, 0.5) is 13.2 Å². The van der Waals surface area contributed by atoms with Crippen LogP contribution in [0.1, 0.15) is 5.56 Å². The monoisotopic (exact) mass is 236 g/mol.